The molecule has 154 valence electrons. The van der Waals surface area contributed by atoms with Crippen LogP contribution in [0, 0.1) is 0 Å². The largest absolute Gasteiger partial charge is 0.414 e. The highest BCUT2D eigenvalue weighted by Crippen LogP contribution is 2.33. The van der Waals surface area contributed by atoms with Crippen LogP contribution in [0.4, 0.5) is 4.79 Å². The third-order valence-corrected chi connectivity index (χ3v) is 4.88. The molecule has 3 aromatic carbocycles. The molecule has 1 amide bonds. The van der Waals surface area contributed by atoms with Crippen molar-refractivity contribution in [2.75, 3.05) is 14.1 Å². The van der Waals surface area contributed by atoms with E-state index < -0.39 is 6.09 Å². The van der Waals surface area contributed by atoms with Crippen LogP contribution in [0.1, 0.15) is 0 Å². The Morgan fingerprint density at radius 3 is 1.84 bits per heavy atom. The molecule has 0 unspecified atom stereocenters. The van der Waals surface area contributed by atoms with Gasteiger partial charge in [0.05, 0.1) is 11.3 Å². The maximum absolute atomic E-state index is 13.9. The van der Waals surface area contributed by atoms with E-state index in [9.17, 15) is 9.59 Å². The van der Waals surface area contributed by atoms with Crippen molar-refractivity contribution in [3.05, 3.63) is 107 Å². The summed E-state index contributed by atoms with van der Waals surface area (Å²) in [6, 6.07) is 30.0. The van der Waals surface area contributed by atoms with E-state index in [4.69, 9.17) is 4.74 Å². The van der Waals surface area contributed by atoms with E-state index in [-0.39, 0.29) is 11.3 Å². The van der Waals surface area contributed by atoms with Crippen LogP contribution in [0.15, 0.2) is 102 Å². The van der Waals surface area contributed by atoms with E-state index in [2.05, 4.69) is 0 Å². The molecule has 0 aliphatic rings. The minimum absolute atomic E-state index is 0.223. The van der Waals surface area contributed by atoms with Crippen LogP contribution >= 0.6 is 0 Å². The van der Waals surface area contributed by atoms with Crippen LogP contribution in [0.25, 0.3) is 28.1 Å². The Morgan fingerprint density at radius 1 is 0.774 bits per heavy atom. The quantitative estimate of drug-likeness (QED) is 0.463. The molecule has 1 heterocycles. The normalized spacial score (nSPS) is 10.5. The van der Waals surface area contributed by atoms with Gasteiger partial charge in [-0.2, -0.15) is 0 Å². The van der Waals surface area contributed by atoms with Gasteiger partial charge in [-0.05, 0) is 23.3 Å². The average molecular weight is 410 g/mol. The van der Waals surface area contributed by atoms with Gasteiger partial charge in [0.2, 0.25) is 0 Å². The summed E-state index contributed by atoms with van der Waals surface area (Å²) in [7, 11) is 3.21. The molecule has 5 heteroatoms. The summed E-state index contributed by atoms with van der Waals surface area (Å²) in [5, 5.41) is 0. The molecule has 0 aliphatic carbocycles. The van der Waals surface area contributed by atoms with Crippen LogP contribution in [0.2, 0.25) is 0 Å². The molecule has 0 radical (unpaired) electrons. The summed E-state index contributed by atoms with van der Waals surface area (Å²) in [4.78, 5) is 27.6. The highest BCUT2D eigenvalue weighted by molar-refractivity contribution is 5.79. The van der Waals surface area contributed by atoms with Gasteiger partial charge < -0.3 is 9.64 Å². The number of hydrogen-bond acceptors (Lipinski definition) is 3. The second-order valence-corrected chi connectivity index (χ2v) is 7.24. The fraction of sp³-hybridized carbons (Fsp3) is 0.0769. The van der Waals surface area contributed by atoms with Crippen molar-refractivity contribution >= 4 is 6.09 Å². The number of benzene rings is 3. The maximum Gasteiger partial charge on any atom is 0.414 e. The van der Waals surface area contributed by atoms with Crippen molar-refractivity contribution in [1.29, 1.82) is 0 Å². The minimum Gasteiger partial charge on any atom is -0.409 e. The number of aromatic nitrogens is 1. The Morgan fingerprint density at radius 2 is 1.29 bits per heavy atom. The highest BCUT2D eigenvalue weighted by Gasteiger charge is 2.22. The molecule has 4 rings (SSSR count). The number of rotatable bonds is 4. The monoisotopic (exact) mass is 410 g/mol. The zero-order valence-corrected chi connectivity index (χ0v) is 17.4. The van der Waals surface area contributed by atoms with Gasteiger partial charge in [-0.1, -0.05) is 78.9 Å². The van der Waals surface area contributed by atoms with Crippen molar-refractivity contribution in [1.82, 2.24) is 9.47 Å². The van der Waals surface area contributed by atoms with E-state index in [0.717, 1.165) is 11.3 Å². The Balaban J connectivity index is 2.07. The molecular formula is C26H22N2O3. The van der Waals surface area contributed by atoms with Crippen LogP contribution in [0.5, 0.6) is 5.75 Å². The van der Waals surface area contributed by atoms with Crippen LogP contribution in [-0.2, 0) is 0 Å². The first kappa shape index (κ1) is 20.2. The third-order valence-electron chi connectivity index (χ3n) is 4.88. The second kappa shape index (κ2) is 8.71. The average Bonchev–Trinajstić information content (AvgIpc) is 2.80. The van der Waals surface area contributed by atoms with Gasteiger partial charge in [-0.15, -0.1) is 0 Å². The van der Waals surface area contributed by atoms with Gasteiger partial charge in [0.15, 0.2) is 0 Å². The minimum atomic E-state index is -0.548. The molecular weight excluding hydrogens is 388 g/mol. The molecule has 31 heavy (non-hydrogen) atoms. The first-order valence-corrected chi connectivity index (χ1v) is 9.91. The molecule has 0 aliphatic heterocycles. The Bertz CT molecular complexity index is 1250. The molecule has 0 bridgehead atoms. The summed E-state index contributed by atoms with van der Waals surface area (Å²) in [5.41, 5.74) is 2.95. The first-order chi connectivity index (χ1) is 15.1. The zero-order chi connectivity index (χ0) is 21.8. The molecule has 5 nitrogen and oxygen atoms in total. The maximum atomic E-state index is 13.9. The number of pyridine rings is 1. The van der Waals surface area contributed by atoms with E-state index in [0.29, 0.717) is 16.8 Å². The Hall–Kier alpha value is -4.12. The fourth-order valence-electron chi connectivity index (χ4n) is 3.38. The predicted octanol–water partition coefficient (Wildman–Crippen LogP) is 5.23. The lowest BCUT2D eigenvalue weighted by Crippen LogP contribution is -2.28. The van der Waals surface area contributed by atoms with Gasteiger partial charge in [0, 0.05) is 25.8 Å². The topological polar surface area (TPSA) is 51.5 Å². The SMILES string of the molecule is CN(C)C(=O)Oc1cc(-c2ccccc2)n(-c2ccccc2)c(=O)c1-c1ccccc1. The second-order valence-electron chi connectivity index (χ2n) is 7.24. The zero-order valence-electron chi connectivity index (χ0n) is 17.4. The lowest BCUT2D eigenvalue weighted by molar-refractivity contribution is 0.172. The number of amides is 1. The van der Waals surface area contributed by atoms with Crippen molar-refractivity contribution in [2.24, 2.45) is 0 Å². The molecule has 0 fully saturated rings. The highest BCUT2D eigenvalue weighted by atomic mass is 16.6. The third kappa shape index (κ3) is 4.12. The fourth-order valence-corrected chi connectivity index (χ4v) is 3.38. The number of carbonyl (C=O) groups is 1. The number of carbonyl (C=O) groups excluding carboxylic acids is 1. The molecule has 0 saturated heterocycles. The van der Waals surface area contributed by atoms with Crippen molar-refractivity contribution in [3.63, 3.8) is 0 Å². The lowest BCUT2D eigenvalue weighted by Gasteiger charge is -2.19. The van der Waals surface area contributed by atoms with Crippen molar-refractivity contribution < 1.29 is 9.53 Å². The molecule has 1 aromatic heterocycles. The van der Waals surface area contributed by atoms with Gasteiger partial charge in [0.1, 0.15) is 5.75 Å². The number of hydrogen-bond donors (Lipinski definition) is 0. The summed E-state index contributed by atoms with van der Waals surface area (Å²) in [5.74, 6) is 0.223. The van der Waals surface area contributed by atoms with Crippen LogP contribution in [0.3, 0.4) is 0 Å². The van der Waals surface area contributed by atoms with Gasteiger partial charge in [-0.25, -0.2) is 4.79 Å². The summed E-state index contributed by atoms with van der Waals surface area (Å²) in [6.07, 6.45) is -0.548. The van der Waals surface area contributed by atoms with Gasteiger partial charge in [-0.3, -0.25) is 9.36 Å². The summed E-state index contributed by atoms with van der Waals surface area (Å²) >= 11 is 0. The lowest BCUT2D eigenvalue weighted by atomic mass is 10.0. The van der Waals surface area contributed by atoms with Crippen molar-refractivity contribution in [2.45, 2.75) is 0 Å². The van der Waals surface area contributed by atoms with E-state index >= 15 is 0 Å². The van der Waals surface area contributed by atoms with Crippen LogP contribution < -0.4 is 10.3 Å². The molecule has 0 atom stereocenters. The molecule has 0 spiro atoms. The first-order valence-electron chi connectivity index (χ1n) is 9.91. The number of para-hydroxylation sites is 1. The van der Waals surface area contributed by atoms with Gasteiger partial charge >= 0.3 is 6.09 Å². The van der Waals surface area contributed by atoms with Crippen LogP contribution in [-0.4, -0.2) is 29.7 Å². The number of ether oxygens (including phenoxy) is 1. The van der Waals surface area contributed by atoms with Crippen molar-refractivity contribution in [3.8, 4) is 33.8 Å². The molecule has 0 saturated carbocycles. The Labute approximate surface area is 180 Å². The Kier molecular flexibility index (Phi) is 5.67. The predicted molar refractivity (Wildman–Crippen MR) is 123 cm³/mol. The standard InChI is InChI=1S/C26H22N2O3/c1-27(2)26(30)31-23-18-22(19-12-6-3-7-13-19)28(21-16-10-5-11-17-21)25(29)24(23)20-14-8-4-9-15-20/h3-18H,1-2H3. The number of nitrogens with zero attached hydrogens (tertiary/aromatic N) is 2. The van der Waals surface area contributed by atoms with E-state index in [1.165, 1.54) is 4.90 Å². The van der Waals surface area contributed by atoms with Gasteiger partial charge in [0.25, 0.3) is 5.56 Å². The summed E-state index contributed by atoms with van der Waals surface area (Å²) in [6.45, 7) is 0. The summed E-state index contributed by atoms with van der Waals surface area (Å²) < 4.78 is 7.33. The van der Waals surface area contributed by atoms with E-state index in [1.807, 2.05) is 91.0 Å². The molecule has 0 N–H and O–H groups in total. The molecule has 4 aromatic rings. The van der Waals surface area contributed by atoms with E-state index in [1.54, 1.807) is 24.7 Å². The smallest absolute Gasteiger partial charge is 0.409 e.